The van der Waals surface area contributed by atoms with Gasteiger partial charge in [-0.3, -0.25) is 14.8 Å². The predicted octanol–water partition coefficient (Wildman–Crippen LogP) is 3.52. The van der Waals surface area contributed by atoms with Gasteiger partial charge in [-0.15, -0.1) is 0 Å². The van der Waals surface area contributed by atoms with Crippen molar-refractivity contribution in [3.8, 4) is 5.75 Å². The molecule has 2 aromatic heterocycles. The molecule has 2 aromatic carbocycles. The van der Waals surface area contributed by atoms with Crippen molar-refractivity contribution in [2.24, 2.45) is 0 Å². The van der Waals surface area contributed by atoms with Gasteiger partial charge >= 0.3 is 0 Å². The standard InChI is InChI=1S/C25H24N6O3/c1-17-11-19-14-28-25(30-22(19)13-23(17)34-16-21-15-26-5-6-27-21)29-20-4-2-3-18(12-20)24(32)31-7-9-33-10-8-31/h2-6,11-15H,7-10,16H2,1H3,(H,28,29,30). The third kappa shape index (κ3) is 4.94. The summed E-state index contributed by atoms with van der Waals surface area (Å²) in [5.74, 6) is 1.15. The molecule has 1 aliphatic rings. The number of nitrogens with one attached hydrogen (secondary N) is 1. The minimum Gasteiger partial charge on any atom is -0.487 e. The lowest BCUT2D eigenvalue weighted by Gasteiger charge is -2.27. The average Bonchev–Trinajstić information content (AvgIpc) is 2.88. The maximum atomic E-state index is 12.8. The van der Waals surface area contributed by atoms with Gasteiger partial charge in [-0.1, -0.05) is 6.07 Å². The minimum absolute atomic E-state index is 0.00764. The number of aryl methyl sites for hydroxylation is 1. The number of carbonyl (C=O) groups excluding carboxylic acids is 1. The summed E-state index contributed by atoms with van der Waals surface area (Å²) < 4.78 is 11.3. The van der Waals surface area contributed by atoms with Crippen molar-refractivity contribution >= 4 is 28.4 Å². The van der Waals surface area contributed by atoms with Crippen molar-refractivity contribution < 1.29 is 14.3 Å². The quantitative estimate of drug-likeness (QED) is 0.470. The van der Waals surface area contributed by atoms with Crippen LogP contribution in [0.25, 0.3) is 10.9 Å². The summed E-state index contributed by atoms with van der Waals surface area (Å²) in [6, 6.07) is 11.2. The van der Waals surface area contributed by atoms with E-state index >= 15 is 0 Å². The first-order chi connectivity index (χ1) is 16.7. The van der Waals surface area contributed by atoms with Crippen LogP contribution in [0, 0.1) is 6.92 Å². The van der Waals surface area contributed by atoms with E-state index in [2.05, 4.69) is 25.3 Å². The molecule has 172 valence electrons. The smallest absolute Gasteiger partial charge is 0.254 e. The molecule has 0 saturated carbocycles. The molecule has 0 spiro atoms. The molecular weight excluding hydrogens is 432 g/mol. The molecule has 0 unspecified atom stereocenters. The second-order valence-corrected chi connectivity index (χ2v) is 7.97. The number of hydrogen-bond acceptors (Lipinski definition) is 8. The van der Waals surface area contributed by atoms with Crippen LogP contribution in [0.4, 0.5) is 11.6 Å². The fourth-order valence-electron chi connectivity index (χ4n) is 3.75. The third-order valence-corrected chi connectivity index (χ3v) is 5.53. The number of hydrogen-bond donors (Lipinski definition) is 1. The van der Waals surface area contributed by atoms with Crippen molar-refractivity contribution in [3.05, 3.63) is 78.0 Å². The van der Waals surface area contributed by atoms with Gasteiger partial charge in [0.15, 0.2) is 0 Å². The summed E-state index contributed by atoms with van der Waals surface area (Å²) in [7, 11) is 0. The Labute approximate surface area is 196 Å². The van der Waals surface area contributed by atoms with Gasteiger partial charge in [-0.2, -0.15) is 0 Å². The molecule has 1 N–H and O–H groups in total. The van der Waals surface area contributed by atoms with Gasteiger partial charge in [0.05, 0.1) is 30.6 Å². The summed E-state index contributed by atoms with van der Waals surface area (Å²) in [6.45, 7) is 4.64. The molecule has 1 amide bonds. The molecule has 0 radical (unpaired) electrons. The largest absolute Gasteiger partial charge is 0.487 e. The van der Waals surface area contributed by atoms with Crippen LogP contribution in [-0.2, 0) is 11.3 Å². The van der Waals surface area contributed by atoms with Crippen molar-refractivity contribution in [1.29, 1.82) is 0 Å². The zero-order valence-corrected chi connectivity index (χ0v) is 18.8. The summed E-state index contributed by atoms with van der Waals surface area (Å²) in [5, 5.41) is 4.12. The van der Waals surface area contributed by atoms with Crippen molar-refractivity contribution in [2.75, 3.05) is 31.6 Å². The minimum atomic E-state index is -0.00764. The van der Waals surface area contributed by atoms with Crippen LogP contribution in [0.2, 0.25) is 0 Å². The van der Waals surface area contributed by atoms with E-state index in [0.29, 0.717) is 44.4 Å². The highest BCUT2D eigenvalue weighted by Gasteiger charge is 2.18. The maximum absolute atomic E-state index is 12.8. The highest BCUT2D eigenvalue weighted by atomic mass is 16.5. The zero-order valence-electron chi connectivity index (χ0n) is 18.8. The molecule has 1 fully saturated rings. The summed E-state index contributed by atoms with van der Waals surface area (Å²) in [5.41, 5.74) is 3.83. The molecule has 5 rings (SSSR count). The normalized spacial score (nSPS) is 13.6. The number of rotatable bonds is 6. The molecule has 0 bridgehead atoms. The molecule has 1 aliphatic heterocycles. The number of fused-ring (bicyclic) bond motifs is 1. The van der Waals surface area contributed by atoms with E-state index in [9.17, 15) is 4.79 Å². The Balaban J connectivity index is 1.34. The van der Waals surface area contributed by atoms with Crippen LogP contribution >= 0.6 is 0 Å². The molecular formula is C25H24N6O3. The lowest BCUT2D eigenvalue weighted by molar-refractivity contribution is 0.0303. The van der Waals surface area contributed by atoms with Gasteiger partial charge in [0.25, 0.3) is 5.91 Å². The van der Waals surface area contributed by atoms with Crippen LogP contribution in [0.1, 0.15) is 21.6 Å². The zero-order chi connectivity index (χ0) is 23.3. The first-order valence-corrected chi connectivity index (χ1v) is 11.0. The number of nitrogens with zero attached hydrogens (tertiary/aromatic N) is 5. The van der Waals surface area contributed by atoms with Crippen molar-refractivity contribution in [1.82, 2.24) is 24.8 Å². The topological polar surface area (TPSA) is 102 Å². The fourth-order valence-corrected chi connectivity index (χ4v) is 3.75. The first-order valence-electron chi connectivity index (χ1n) is 11.0. The van der Waals surface area contributed by atoms with E-state index in [1.807, 2.05) is 43.3 Å². The Bertz CT molecular complexity index is 1310. The van der Waals surface area contributed by atoms with Crippen molar-refractivity contribution in [2.45, 2.75) is 13.5 Å². The van der Waals surface area contributed by atoms with Gasteiger partial charge in [-0.25, -0.2) is 9.97 Å². The monoisotopic (exact) mass is 456 g/mol. The summed E-state index contributed by atoms with van der Waals surface area (Å²) in [4.78, 5) is 32.0. The summed E-state index contributed by atoms with van der Waals surface area (Å²) >= 11 is 0. The summed E-state index contributed by atoms with van der Waals surface area (Å²) in [6.07, 6.45) is 6.72. The van der Waals surface area contributed by atoms with Crippen LogP contribution in [-0.4, -0.2) is 57.0 Å². The Morgan fingerprint density at radius 1 is 1.12 bits per heavy atom. The molecule has 9 heteroatoms. The Morgan fingerprint density at radius 3 is 2.82 bits per heavy atom. The molecule has 4 aromatic rings. The van der Waals surface area contributed by atoms with Gasteiger partial charge < -0.3 is 19.7 Å². The van der Waals surface area contributed by atoms with E-state index in [-0.39, 0.29) is 5.91 Å². The fraction of sp³-hybridized carbons (Fsp3) is 0.240. The number of benzene rings is 2. The molecule has 34 heavy (non-hydrogen) atoms. The number of amides is 1. The SMILES string of the molecule is Cc1cc2cnc(Nc3cccc(C(=O)N4CCOCC4)c3)nc2cc1OCc1cnccn1. The highest BCUT2D eigenvalue weighted by Crippen LogP contribution is 2.26. The van der Waals surface area contributed by atoms with Crippen LogP contribution in [0.3, 0.4) is 0 Å². The van der Waals surface area contributed by atoms with E-state index in [0.717, 1.165) is 33.6 Å². The number of ether oxygens (including phenoxy) is 2. The lowest BCUT2D eigenvalue weighted by Crippen LogP contribution is -2.40. The molecule has 0 atom stereocenters. The average molecular weight is 457 g/mol. The van der Waals surface area contributed by atoms with E-state index < -0.39 is 0 Å². The second-order valence-electron chi connectivity index (χ2n) is 7.97. The Morgan fingerprint density at radius 2 is 2.00 bits per heavy atom. The number of aromatic nitrogens is 4. The third-order valence-electron chi connectivity index (χ3n) is 5.53. The highest BCUT2D eigenvalue weighted by molar-refractivity contribution is 5.95. The van der Waals surface area contributed by atoms with Gasteiger partial charge in [0.1, 0.15) is 12.4 Å². The van der Waals surface area contributed by atoms with E-state index in [1.54, 1.807) is 29.7 Å². The maximum Gasteiger partial charge on any atom is 0.254 e. The number of morpholine rings is 1. The molecule has 9 nitrogen and oxygen atoms in total. The predicted molar refractivity (Wildman–Crippen MR) is 127 cm³/mol. The van der Waals surface area contributed by atoms with Gasteiger partial charge in [0, 0.05) is 54.4 Å². The van der Waals surface area contributed by atoms with Gasteiger partial charge in [0.2, 0.25) is 5.95 Å². The van der Waals surface area contributed by atoms with Crippen LogP contribution < -0.4 is 10.1 Å². The number of carbonyl (C=O) groups is 1. The Hall–Kier alpha value is -4.11. The molecule has 3 heterocycles. The Kier molecular flexibility index (Phi) is 6.26. The van der Waals surface area contributed by atoms with E-state index in [1.165, 1.54) is 0 Å². The second kappa shape index (κ2) is 9.80. The molecule has 1 saturated heterocycles. The molecule has 0 aliphatic carbocycles. The number of anilines is 2. The van der Waals surface area contributed by atoms with Gasteiger partial charge in [-0.05, 0) is 36.8 Å². The van der Waals surface area contributed by atoms with E-state index in [4.69, 9.17) is 9.47 Å². The lowest BCUT2D eigenvalue weighted by atomic mass is 10.1. The van der Waals surface area contributed by atoms with Crippen LogP contribution in [0.5, 0.6) is 5.75 Å². The van der Waals surface area contributed by atoms with Crippen molar-refractivity contribution in [3.63, 3.8) is 0 Å². The first kappa shape index (κ1) is 21.7. The van der Waals surface area contributed by atoms with Crippen LogP contribution in [0.15, 0.2) is 61.2 Å².